The molecular formula is C18H23ClN4O2. The first-order valence-corrected chi connectivity index (χ1v) is 8.60. The van der Waals surface area contributed by atoms with E-state index in [9.17, 15) is 9.59 Å². The fourth-order valence-electron chi connectivity index (χ4n) is 2.53. The van der Waals surface area contributed by atoms with Gasteiger partial charge >= 0.3 is 0 Å². The van der Waals surface area contributed by atoms with Crippen molar-refractivity contribution in [3.63, 3.8) is 0 Å². The summed E-state index contributed by atoms with van der Waals surface area (Å²) >= 11 is 6.03. The Bertz CT molecular complexity index is 770. The van der Waals surface area contributed by atoms with Crippen LogP contribution in [0.1, 0.15) is 36.8 Å². The van der Waals surface area contributed by atoms with Crippen molar-refractivity contribution >= 4 is 23.4 Å². The van der Waals surface area contributed by atoms with Gasteiger partial charge in [0.1, 0.15) is 0 Å². The number of likely N-dealkylation sites (N-methyl/N-ethyl adjacent to an activating group) is 1. The molecule has 1 aromatic heterocycles. The summed E-state index contributed by atoms with van der Waals surface area (Å²) in [4.78, 5) is 26.3. The summed E-state index contributed by atoms with van der Waals surface area (Å²) in [5.74, 6) is -0.391. The van der Waals surface area contributed by atoms with Gasteiger partial charge in [-0.2, -0.15) is 5.10 Å². The van der Waals surface area contributed by atoms with E-state index in [-0.39, 0.29) is 24.4 Å². The third-order valence-electron chi connectivity index (χ3n) is 3.75. The first-order valence-electron chi connectivity index (χ1n) is 8.22. The van der Waals surface area contributed by atoms with Crippen molar-refractivity contribution in [3.8, 4) is 5.69 Å². The Morgan fingerprint density at radius 1 is 1.36 bits per heavy atom. The summed E-state index contributed by atoms with van der Waals surface area (Å²) in [7, 11) is 0. The molecule has 2 aromatic rings. The third kappa shape index (κ3) is 4.60. The second-order valence-electron chi connectivity index (χ2n) is 6.08. The molecule has 0 fully saturated rings. The van der Waals surface area contributed by atoms with Gasteiger partial charge in [0.25, 0.3) is 5.91 Å². The van der Waals surface area contributed by atoms with Gasteiger partial charge in [0.05, 0.1) is 29.7 Å². The highest BCUT2D eigenvalue weighted by atomic mass is 35.5. The van der Waals surface area contributed by atoms with E-state index in [1.165, 1.54) is 11.1 Å². The second-order valence-corrected chi connectivity index (χ2v) is 6.51. The molecule has 25 heavy (non-hydrogen) atoms. The number of aromatic nitrogens is 2. The van der Waals surface area contributed by atoms with Gasteiger partial charge in [0, 0.05) is 17.6 Å². The molecular weight excluding hydrogens is 340 g/mol. The molecule has 2 rings (SSSR count). The highest BCUT2D eigenvalue weighted by Gasteiger charge is 2.22. The zero-order valence-electron chi connectivity index (χ0n) is 14.9. The number of rotatable bonds is 6. The summed E-state index contributed by atoms with van der Waals surface area (Å²) in [5.41, 5.74) is 1.96. The van der Waals surface area contributed by atoms with Crippen LogP contribution in [0.4, 0.5) is 0 Å². The average Bonchev–Trinajstić information content (AvgIpc) is 2.93. The van der Waals surface area contributed by atoms with Crippen molar-refractivity contribution in [3.05, 3.63) is 46.7 Å². The minimum atomic E-state index is -0.216. The van der Waals surface area contributed by atoms with Gasteiger partial charge < -0.3 is 10.2 Å². The van der Waals surface area contributed by atoms with Crippen molar-refractivity contribution in [1.82, 2.24) is 20.0 Å². The average molecular weight is 363 g/mol. The molecule has 0 saturated heterocycles. The third-order valence-corrected chi connectivity index (χ3v) is 3.98. The maximum Gasteiger partial charge on any atom is 0.257 e. The van der Waals surface area contributed by atoms with Crippen molar-refractivity contribution in [2.24, 2.45) is 0 Å². The van der Waals surface area contributed by atoms with Crippen LogP contribution in [0.15, 0.2) is 30.5 Å². The highest BCUT2D eigenvalue weighted by molar-refractivity contribution is 6.30. The van der Waals surface area contributed by atoms with E-state index in [1.54, 1.807) is 16.8 Å². The van der Waals surface area contributed by atoms with Crippen LogP contribution in [-0.2, 0) is 4.79 Å². The van der Waals surface area contributed by atoms with Crippen LogP contribution in [0.2, 0.25) is 5.02 Å². The number of benzene rings is 1. The van der Waals surface area contributed by atoms with Crippen molar-refractivity contribution < 1.29 is 9.59 Å². The monoisotopic (exact) mass is 362 g/mol. The molecule has 0 aliphatic heterocycles. The summed E-state index contributed by atoms with van der Waals surface area (Å²) in [6.45, 7) is 7.90. The standard InChI is InChI=1S/C18H23ClN4O2/c1-5-22(11-17(24)21-12(2)3)18(25)16-10-20-23(13(16)4)15-8-6-7-14(19)9-15/h6-10,12H,5,11H2,1-4H3,(H,21,24). The van der Waals surface area contributed by atoms with Crippen LogP contribution in [0, 0.1) is 6.92 Å². The quantitative estimate of drug-likeness (QED) is 0.859. The number of halogens is 1. The second kappa shape index (κ2) is 8.16. The molecule has 0 unspecified atom stereocenters. The Morgan fingerprint density at radius 3 is 2.68 bits per heavy atom. The molecule has 0 atom stereocenters. The molecule has 7 heteroatoms. The van der Waals surface area contributed by atoms with Gasteiger partial charge in [-0.3, -0.25) is 9.59 Å². The number of carbonyl (C=O) groups is 2. The normalized spacial score (nSPS) is 10.8. The number of nitrogens with zero attached hydrogens (tertiary/aromatic N) is 3. The summed E-state index contributed by atoms with van der Waals surface area (Å²) in [5, 5.41) is 7.70. The van der Waals surface area contributed by atoms with Gasteiger partial charge in [-0.1, -0.05) is 17.7 Å². The zero-order chi connectivity index (χ0) is 18.6. The van der Waals surface area contributed by atoms with Crippen LogP contribution in [0.5, 0.6) is 0 Å². The smallest absolute Gasteiger partial charge is 0.257 e. The zero-order valence-corrected chi connectivity index (χ0v) is 15.7. The fourth-order valence-corrected chi connectivity index (χ4v) is 2.71. The molecule has 6 nitrogen and oxygen atoms in total. The maximum absolute atomic E-state index is 12.8. The van der Waals surface area contributed by atoms with Crippen LogP contribution in [-0.4, -0.2) is 45.6 Å². The number of hydrogen-bond acceptors (Lipinski definition) is 3. The number of amides is 2. The molecule has 0 spiro atoms. The van der Waals surface area contributed by atoms with Crippen LogP contribution in [0.3, 0.4) is 0 Å². The molecule has 0 aliphatic rings. The van der Waals surface area contributed by atoms with Crippen LogP contribution >= 0.6 is 11.6 Å². The topological polar surface area (TPSA) is 67.2 Å². The van der Waals surface area contributed by atoms with Crippen molar-refractivity contribution in [1.29, 1.82) is 0 Å². The Morgan fingerprint density at radius 2 is 2.08 bits per heavy atom. The molecule has 1 aromatic carbocycles. The molecule has 2 amide bonds. The minimum Gasteiger partial charge on any atom is -0.352 e. The number of hydrogen-bond donors (Lipinski definition) is 1. The number of nitrogens with one attached hydrogen (secondary N) is 1. The van der Waals surface area contributed by atoms with Crippen molar-refractivity contribution in [2.75, 3.05) is 13.1 Å². The predicted octanol–water partition coefficient (Wildman–Crippen LogP) is 2.82. The van der Waals surface area contributed by atoms with E-state index in [2.05, 4.69) is 10.4 Å². The lowest BCUT2D eigenvalue weighted by Crippen LogP contribution is -2.42. The molecule has 0 bridgehead atoms. The summed E-state index contributed by atoms with van der Waals surface area (Å²) in [6, 6.07) is 7.29. The van der Waals surface area contributed by atoms with Crippen LogP contribution in [0.25, 0.3) is 5.69 Å². The largest absolute Gasteiger partial charge is 0.352 e. The van der Waals surface area contributed by atoms with Gasteiger partial charge in [0.2, 0.25) is 5.91 Å². The first-order chi connectivity index (χ1) is 11.8. The molecule has 0 aliphatic carbocycles. The lowest BCUT2D eigenvalue weighted by molar-refractivity contribution is -0.122. The minimum absolute atomic E-state index is 0.0231. The predicted molar refractivity (Wildman–Crippen MR) is 98.2 cm³/mol. The first kappa shape index (κ1) is 19.0. The van der Waals surface area contributed by atoms with E-state index in [0.29, 0.717) is 22.8 Å². The Balaban J connectivity index is 2.23. The number of carbonyl (C=O) groups excluding carboxylic acids is 2. The van der Waals surface area contributed by atoms with Gasteiger partial charge in [0.15, 0.2) is 0 Å². The van der Waals surface area contributed by atoms with E-state index >= 15 is 0 Å². The van der Waals surface area contributed by atoms with E-state index in [1.807, 2.05) is 39.8 Å². The summed E-state index contributed by atoms with van der Waals surface area (Å²) < 4.78 is 1.67. The molecule has 0 radical (unpaired) electrons. The SMILES string of the molecule is CCN(CC(=O)NC(C)C)C(=O)c1cnn(-c2cccc(Cl)c2)c1C. The van der Waals surface area contributed by atoms with Gasteiger partial charge in [-0.05, 0) is 45.9 Å². The van der Waals surface area contributed by atoms with Crippen molar-refractivity contribution in [2.45, 2.75) is 33.7 Å². The molecule has 134 valence electrons. The highest BCUT2D eigenvalue weighted by Crippen LogP contribution is 2.19. The Kier molecular flexibility index (Phi) is 6.20. The molecule has 1 N–H and O–H groups in total. The van der Waals surface area contributed by atoms with E-state index in [4.69, 9.17) is 11.6 Å². The van der Waals surface area contributed by atoms with Gasteiger partial charge in [-0.15, -0.1) is 0 Å². The lowest BCUT2D eigenvalue weighted by Gasteiger charge is -2.21. The van der Waals surface area contributed by atoms with Crippen LogP contribution < -0.4 is 5.32 Å². The lowest BCUT2D eigenvalue weighted by atomic mass is 10.2. The Hall–Kier alpha value is -2.34. The molecule has 0 saturated carbocycles. The fraction of sp³-hybridized carbons (Fsp3) is 0.389. The maximum atomic E-state index is 12.8. The molecule has 1 heterocycles. The van der Waals surface area contributed by atoms with E-state index in [0.717, 1.165) is 5.69 Å². The summed E-state index contributed by atoms with van der Waals surface area (Å²) in [6.07, 6.45) is 1.53. The Labute approximate surface area is 152 Å². The van der Waals surface area contributed by atoms with E-state index < -0.39 is 0 Å². The van der Waals surface area contributed by atoms with Gasteiger partial charge in [-0.25, -0.2) is 4.68 Å².